The summed E-state index contributed by atoms with van der Waals surface area (Å²) in [5.41, 5.74) is 0. The van der Waals surface area contributed by atoms with E-state index >= 15 is 0 Å². The molecule has 0 radical (unpaired) electrons. The molecule has 1 aromatic carbocycles. The third-order valence-corrected chi connectivity index (χ3v) is 5.43. The van der Waals surface area contributed by atoms with Crippen LogP contribution in [0.5, 0.6) is 0 Å². The molecule has 1 rings (SSSR count). The van der Waals surface area contributed by atoms with Gasteiger partial charge in [-0.1, -0.05) is 19.9 Å². The van der Waals surface area contributed by atoms with Crippen molar-refractivity contribution in [1.82, 2.24) is 9.44 Å². The second-order valence-electron chi connectivity index (χ2n) is 4.27. The Morgan fingerprint density at radius 2 is 1.25 bits per heavy atom. The molecule has 2 N–H and O–H groups in total. The van der Waals surface area contributed by atoms with E-state index in [2.05, 4.69) is 9.44 Å². The minimum atomic E-state index is -3.67. The molecular weight excluding hydrogens is 300 g/mol. The first-order valence-corrected chi connectivity index (χ1v) is 9.39. The van der Waals surface area contributed by atoms with Gasteiger partial charge >= 0.3 is 0 Å². The van der Waals surface area contributed by atoms with Gasteiger partial charge in [0.15, 0.2) is 0 Å². The predicted octanol–water partition coefficient (Wildman–Crippen LogP) is 1.06. The summed E-state index contributed by atoms with van der Waals surface area (Å²) < 4.78 is 52.6. The molecule has 8 heteroatoms. The lowest BCUT2D eigenvalue weighted by Crippen LogP contribution is -2.26. The van der Waals surface area contributed by atoms with Crippen molar-refractivity contribution in [3.05, 3.63) is 24.3 Å². The zero-order valence-electron chi connectivity index (χ0n) is 11.6. The van der Waals surface area contributed by atoms with Crippen molar-refractivity contribution in [1.29, 1.82) is 0 Å². The molecule has 0 unspecified atom stereocenters. The first-order valence-electron chi connectivity index (χ1n) is 6.43. The summed E-state index contributed by atoms with van der Waals surface area (Å²) in [5.74, 6) is 0. The van der Waals surface area contributed by atoms with Crippen molar-refractivity contribution in [3.8, 4) is 0 Å². The molecule has 0 saturated heterocycles. The summed E-state index contributed by atoms with van der Waals surface area (Å²) in [6.07, 6.45) is 1.32. The van der Waals surface area contributed by atoms with Crippen LogP contribution in [0.1, 0.15) is 26.7 Å². The Morgan fingerprint density at radius 1 is 0.850 bits per heavy atom. The van der Waals surface area contributed by atoms with Crippen molar-refractivity contribution in [2.75, 3.05) is 13.1 Å². The number of hydrogen-bond acceptors (Lipinski definition) is 4. The molecule has 0 aromatic heterocycles. The molecule has 0 atom stereocenters. The molecule has 0 aliphatic heterocycles. The zero-order chi connectivity index (χ0) is 15.2. The molecule has 0 aliphatic rings. The van der Waals surface area contributed by atoms with Crippen LogP contribution in [0, 0.1) is 0 Å². The fraction of sp³-hybridized carbons (Fsp3) is 0.500. The molecule has 114 valence electrons. The van der Waals surface area contributed by atoms with Crippen molar-refractivity contribution >= 4 is 20.0 Å². The molecule has 0 bridgehead atoms. The largest absolute Gasteiger partial charge is 0.240 e. The Kier molecular flexibility index (Phi) is 6.12. The smallest absolute Gasteiger partial charge is 0.211 e. The number of nitrogens with one attached hydrogen (secondary N) is 2. The highest BCUT2D eigenvalue weighted by molar-refractivity contribution is 7.90. The zero-order valence-corrected chi connectivity index (χ0v) is 13.2. The van der Waals surface area contributed by atoms with E-state index in [1.807, 2.05) is 13.8 Å². The minimum absolute atomic E-state index is 0.0506. The van der Waals surface area contributed by atoms with Gasteiger partial charge in [-0.3, -0.25) is 0 Å². The normalized spacial score (nSPS) is 12.5. The van der Waals surface area contributed by atoms with Crippen LogP contribution in [-0.2, 0) is 20.0 Å². The van der Waals surface area contributed by atoms with Gasteiger partial charge in [0.05, 0.1) is 9.79 Å². The number of hydrogen-bond donors (Lipinski definition) is 2. The van der Waals surface area contributed by atoms with E-state index in [-0.39, 0.29) is 9.79 Å². The van der Waals surface area contributed by atoms with Gasteiger partial charge in [-0.2, -0.15) is 0 Å². The topological polar surface area (TPSA) is 92.3 Å². The quantitative estimate of drug-likeness (QED) is 0.749. The highest BCUT2D eigenvalue weighted by atomic mass is 32.2. The maximum Gasteiger partial charge on any atom is 0.240 e. The van der Waals surface area contributed by atoms with Crippen LogP contribution < -0.4 is 9.44 Å². The van der Waals surface area contributed by atoms with E-state index in [9.17, 15) is 16.8 Å². The monoisotopic (exact) mass is 320 g/mol. The highest BCUT2D eigenvalue weighted by Gasteiger charge is 2.18. The van der Waals surface area contributed by atoms with Crippen LogP contribution in [0.3, 0.4) is 0 Å². The van der Waals surface area contributed by atoms with Gasteiger partial charge in [-0.05, 0) is 31.0 Å². The summed E-state index contributed by atoms with van der Waals surface area (Å²) in [6.45, 7) is 4.32. The van der Waals surface area contributed by atoms with E-state index in [4.69, 9.17) is 0 Å². The molecule has 1 aromatic rings. The number of sulfonamides is 2. The summed E-state index contributed by atoms with van der Waals surface area (Å²) in [6, 6.07) is 5.32. The van der Waals surface area contributed by atoms with Gasteiger partial charge in [0.1, 0.15) is 0 Å². The highest BCUT2D eigenvalue weighted by Crippen LogP contribution is 2.15. The molecule has 0 saturated carbocycles. The molecular formula is C12H20N2O4S2. The molecule has 0 fully saturated rings. The summed E-state index contributed by atoms with van der Waals surface area (Å²) in [5, 5.41) is 0. The predicted molar refractivity (Wildman–Crippen MR) is 77.4 cm³/mol. The lowest BCUT2D eigenvalue weighted by Gasteiger charge is -2.09. The molecule has 20 heavy (non-hydrogen) atoms. The SMILES string of the molecule is CCCNS(=O)(=O)c1cccc(S(=O)(=O)NCCC)c1. The van der Waals surface area contributed by atoms with Crippen molar-refractivity contribution in [3.63, 3.8) is 0 Å². The molecule has 0 spiro atoms. The first-order chi connectivity index (χ1) is 9.33. The van der Waals surface area contributed by atoms with Crippen molar-refractivity contribution in [2.45, 2.75) is 36.5 Å². The second kappa shape index (κ2) is 7.16. The van der Waals surface area contributed by atoms with Crippen LogP contribution >= 0.6 is 0 Å². The van der Waals surface area contributed by atoms with E-state index in [0.717, 1.165) is 6.07 Å². The van der Waals surface area contributed by atoms with E-state index in [1.54, 1.807) is 0 Å². The summed E-state index contributed by atoms with van der Waals surface area (Å²) in [7, 11) is -7.34. The summed E-state index contributed by atoms with van der Waals surface area (Å²) in [4.78, 5) is -0.101. The van der Waals surface area contributed by atoms with Gasteiger partial charge in [0.25, 0.3) is 0 Å². The third kappa shape index (κ3) is 4.55. The standard InChI is InChI=1S/C12H20N2O4S2/c1-3-8-13-19(15,16)11-6-5-7-12(10-11)20(17,18)14-9-4-2/h5-7,10,13-14H,3-4,8-9H2,1-2H3. The fourth-order valence-corrected chi connectivity index (χ4v) is 3.88. The average Bonchev–Trinajstić information content (AvgIpc) is 2.43. The minimum Gasteiger partial charge on any atom is -0.211 e. The number of rotatable bonds is 8. The average molecular weight is 320 g/mol. The van der Waals surface area contributed by atoms with E-state index in [0.29, 0.717) is 25.9 Å². The van der Waals surface area contributed by atoms with Crippen LogP contribution in [0.25, 0.3) is 0 Å². The Labute approximate surface area is 120 Å². The molecule has 0 heterocycles. The van der Waals surface area contributed by atoms with Gasteiger partial charge < -0.3 is 0 Å². The number of benzene rings is 1. The molecule has 6 nitrogen and oxygen atoms in total. The van der Waals surface area contributed by atoms with Crippen LogP contribution in [-0.4, -0.2) is 29.9 Å². The van der Waals surface area contributed by atoms with Crippen LogP contribution in [0.2, 0.25) is 0 Å². The maximum absolute atomic E-state index is 12.0. The Bertz CT molecular complexity index is 586. The van der Waals surface area contributed by atoms with Gasteiger partial charge in [0.2, 0.25) is 20.0 Å². The van der Waals surface area contributed by atoms with Gasteiger partial charge in [-0.25, -0.2) is 26.3 Å². The van der Waals surface area contributed by atoms with Crippen molar-refractivity contribution in [2.24, 2.45) is 0 Å². The van der Waals surface area contributed by atoms with Crippen LogP contribution in [0.4, 0.5) is 0 Å². The Balaban J connectivity index is 3.08. The fourth-order valence-electron chi connectivity index (χ4n) is 1.45. The Hall–Kier alpha value is -0.960. The lowest BCUT2D eigenvalue weighted by atomic mass is 10.4. The maximum atomic E-state index is 12.0. The van der Waals surface area contributed by atoms with Crippen molar-refractivity contribution < 1.29 is 16.8 Å². The third-order valence-electron chi connectivity index (χ3n) is 2.51. The van der Waals surface area contributed by atoms with E-state index in [1.165, 1.54) is 18.2 Å². The van der Waals surface area contributed by atoms with Gasteiger partial charge in [-0.15, -0.1) is 0 Å². The molecule has 0 aliphatic carbocycles. The second-order valence-corrected chi connectivity index (χ2v) is 7.80. The molecule has 0 amide bonds. The first kappa shape index (κ1) is 17.1. The summed E-state index contributed by atoms with van der Waals surface area (Å²) >= 11 is 0. The Morgan fingerprint density at radius 3 is 1.60 bits per heavy atom. The van der Waals surface area contributed by atoms with E-state index < -0.39 is 20.0 Å². The van der Waals surface area contributed by atoms with Gasteiger partial charge in [0, 0.05) is 13.1 Å². The lowest BCUT2D eigenvalue weighted by molar-refractivity contribution is 0.578. The van der Waals surface area contributed by atoms with Crippen LogP contribution in [0.15, 0.2) is 34.1 Å².